The molecule has 2 heterocycles. The number of fused-ring (bicyclic) bond motifs is 1. The van der Waals surface area contributed by atoms with Crippen LogP contribution in [0, 0.1) is 0 Å². The maximum atomic E-state index is 10.5. The second-order valence-electron chi connectivity index (χ2n) is 5.40. The summed E-state index contributed by atoms with van der Waals surface area (Å²) in [6, 6.07) is 20.0. The van der Waals surface area contributed by atoms with E-state index >= 15 is 0 Å². The molecule has 1 N–H and O–H groups in total. The molecule has 0 bridgehead atoms. The van der Waals surface area contributed by atoms with Crippen LogP contribution >= 0.6 is 11.3 Å². The molecule has 0 radical (unpaired) electrons. The summed E-state index contributed by atoms with van der Waals surface area (Å²) in [7, 11) is 0. The lowest BCUT2D eigenvalue weighted by Crippen LogP contribution is -1.99. The van der Waals surface area contributed by atoms with Crippen LogP contribution < -0.4 is 0 Å². The number of aliphatic hydroxyl groups is 1. The second-order valence-corrected chi connectivity index (χ2v) is 6.51. The van der Waals surface area contributed by atoms with Gasteiger partial charge in [0.15, 0.2) is 0 Å². The molecule has 4 rings (SSSR count). The normalized spacial score (nSPS) is 12.6. The van der Waals surface area contributed by atoms with E-state index in [1.165, 1.54) is 10.1 Å². The van der Waals surface area contributed by atoms with Gasteiger partial charge in [-0.05, 0) is 29.7 Å². The minimum absolute atomic E-state index is 0.458. The zero-order chi connectivity index (χ0) is 15.6. The molecule has 2 aromatic heterocycles. The van der Waals surface area contributed by atoms with Gasteiger partial charge >= 0.3 is 0 Å². The third kappa shape index (κ3) is 2.88. The molecule has 0 amide bonds. The molecule has 0 spiro atoms. The molecule has 114 valence electrons. The van der Waals surface area contributed by atoms with Crippen LogP contribution in [0.4, 0.5) is 0 Å². The molecule has 0 saturated carbocycles. The Morgan fingerprint density at radius 2 is 1.83 bits per heavy atom. The Balaban J connectivity index is 1.54. The molecular weight excluding hydrogens is 306 g/mol. The Kier molecular flexibility index (Phi) is 3.65. The lowest BCUT2D eigenvalue weighted by Gasteiger charge is -2.04. The van der Waals surface area contributed by atoms with Crippen molar-refractivity contribution in [3.63, 3.8) is 0 Å². The van der Waals surface area contributed by atoms with Gasteiger partial charge < -0.3 is 5.11 Å². The van der Waals surface area contributed by atoms with Crippen molar-refractivity contribution >= 4 is 21.4 Å². The number of hydrogen-bond donors (Lipinski definition) is 1. The first-order valence-electron chi connectivity index (χ1n) is 7.43. The fourth-order valence-corrected chi connectivity index (χ4v) is 3.61. The molecule has 0 aliphatic heterocycles. The summed E-state index contributed by atoms with van der Waals surface area (Å²) in [6.07, 6.45) is 1.76. The molecule has 4 aromatic rings. The maximum Gasteiger partial charge on any atom is 0.0938 e. The minimum atomic E-state index is -0.562. The first-order chi connectivity index (χ1) is 11.3. The number of rotatable bonds is 4. The lowest BCUT2D eigenvalue weighted by molar-refractivity contribution is 0.181. The molecule has 1 unspecified atom stereocenters. The van der Waals surface area contributed by atoms with E-state index in [9.17, 15) is 5.11 Å². The number of hydrogen-bond acceptors (Lipinski definition) is 4. The first kappa shape index (κ1) is 14.1. The van der Waals surface area contributed by atoms with Crippen LogP contribution in [0.3, 0.4) is 0 Å². The van der Waals surface area contributed by atoms with Crippen molar-refractivity contribution in [3.05, 3.63) is 77.4 Å². The fraction of sp³-hybridized carbons (Fsp3) is 0.111. The molecule has 4 nitrogen and oxygen atoms in total. The minimum Gasteiger partial charge on any atom is -0.387 e. The number of thiophene rings is 1. The Morgan fingerprint density at radius 3 is 2.65 bits per heavy atom. The molecule has 5 heteroatoms. The van der Waals surface area contributed by atoms with Gasteiger partial charge in [-0.2, -0.15) is 0 Å². The number of aliphatic hydroxyl groups excluding tert-OH is 1. The predicted molar refractivity (Wildman–Crippen MR) is 91.8 cm³/mol. The van der Waals surface area contributed by atoms with E-state index in [1.807, 2.05) is 54.7 Å². The first-order valence-corrected chi connectivity index (χ1v) is 8.24. The van der Waals surface area contributed by atoms with E-state index in [4.69, 9.17) is 0 Å². The summed E-state index contributed by atoms with van der Waals surface area (Å²) < 4.78 is 2.92. The van der Waals surface area contributed by atoms with E-state index in [2.05, 4.69) is 22.4 Å². The molecule has 0 aliphatic rings. The van der Waals surface area contributed by atoms with Gasteiger partial charge in [-0.1, -0.05) is 41.6 Å². The number of para-hydroxylation sites is 1. The highest BCUT2D eigenvalue weighted by Crippen LogP contribution is 2.31. The third-order valence-corrected chi connectivity index (χ3v) is 4.95. The van der Waals surface area contributed by atoms with Gasteiger partial charge in [-0.3, -0.25) is 0 Å². The quantitative estimate of drug-likeness (QED) is 0.623. The third-order valence-electron chi connectivity index (χ3n) is 3.74. The summed E-state index contributed by atoms with van der Waals surface area (Å²) in [5.41, 5.74) is 1.74. The van der Waals surface area contributed by atoms with E-state index in [1.54, 1.807) is 16.0 Å². The molecule has 2 aromatic carbocycles. The van der Waals surface area contributed by atoms with Crippen LogP contribution in [-0.2, 0) is 6.42 Å². The van der Waals surface area contributed by atoms with Crippen LogP contribution in [0.5, 0.6) is 0 Å². The monoisotopic (exact) mass is 321 g/mol. The Hall–Kier alpha value is -2.50. The Morgan fingerprint density at radius 1 is 1.04 bits per heavy atom. The Bertz CT molecular complexity index is 897. The van der Waals surface area contributed by atoms with Crippen molar-refractivity contribution in [3.8, 4) is 5.69 Å². The summed E-state index contributed by atoms with van der Waals surface area (Å²) in [5.74, 6) is 0. The summed E-state index contributed by atoms with van der Waals surface area (Å²) >= 11 is 1.62. The topological polar surface area (TPSA) is 50.9 Å². The maximum absolute atomic E-state index is 10.5. The average Bonchev–Trinajstić information content (AvgIpc) is 3.22. The van der Waals surface area contributed by atoms with E-state index in [0.717, 1.165) is 16.3 Å². The second kappa shape index (κ2) is 5.95. The van der Waals surface area contributed by atoms with Crippen molar-refractivity contribution in [2.75, 3.05) is 0 Å². The van der Waals surface area contributed by atoms with Crippen LogP contribution in [0.15, 0.2) is 66.9 Å². The van der Waals surface area contributed by atoms with E-state index in [0.29, 0.717) is 6.42 Å². The van der Waals surface area contributed by atoms with Gasteiger partial charge in [0, 0.05) is 16.0 Å². The van der Waals surface area contributed by atoms with Crippen molar-refractivity contribution in [2.24, 2.45) is 0 Å². The van der Waals surface area contributed by atoms with Crippen molar-refractivity contribution in [2.45, 2.75) is 12.5 Å². The molecule has 1 atom stereocenters. The van der Waals surface area contributed by atoms with Crippen molar-refractivity contribution in [1.29, 1.82) is 0 Å². The average molecular weight is 321 g/mol. The smallest absolute Gasteiger partial charge is 0.0938 e. The summed E-state index contributed by atoms with van der Waals surface area (Å²) in [5, 5.41) is 20.0. The van der Waals surface area contributed by atoms with Gasteiger partial charge in [0.05, 0.1) is 23.7 Å². The van der Waals surface area contributed by atoms with Crippen LogP contribution in [0.2, 0.25) is 0 Å². The summed E-state index contributed by atoms with van der Waals surface area (Å²) in [6.45, 7) is 0. The zero-order valence-corrected chi connectivity index (χ0v) is 13.1. The molecule has 23 heavy (non-hydrogen) atoms. The van der Waals surface area contributed by atoms with Crippen molar-refractivity contribution < 1.29 is 5.11 Å². The van der Waals surface area contributed by atoms with Gasteiger partial charge in [0.25, 0.3) is 0 Å². The van der Waals surface area contributed by atoms with Gasteiger partial charge in [0.1, 0.15) is 0 Å². The largest absolute Gasteiger partial charge is 0.387 e. The predicted octanol–water partition coefficient (Wildman–Crippen LogP) is 3.76. The standard InChI is InChI=1S/C18H15N3OS/c22-16(18-10-13-6-4-5-9-17(13)23-18)11-14-12-21(20-19-14)15-7-2-1-3-8-15/h1-10,12,16,22H,11H2. The number of benzene rings is 2. The SMILES string of the molecule is OC(Cc1cn(-c2ccccc2)nn1)c1cc2ccccc2s1. The van der Waals surface area contributed by atoms with Gasteiger partial charge in [-0.25, -0.2) is 4.68 Å². The van der Waals surface area contributed by atoms with E-state index < -0.39 is 6.10 Å². The van der Waals surface area contributed by atoms with E-state index in [-0.39, 0.29) is 0 Å². The zero-order valence-electron chi connectivity index (χ0n) is 12.3. The van der Waals surface area contributed by atoms with Crippen LogP contribution in [0.1, 0.15) is 16.7 Å². The lowest BCUT2D eigenvalue weighted by atomic mass is 10.1. The Labute approximate surface area is 137 Å². The number of nitrogens with zero attached hydrogens (tertiary/aromatic N) is 3. The number of aromatic nitrogens is 3. The van der Waals surface area contributed by atoms with Gasteiger partial charge in [0.2, 0.25) is 0 Å². The van der Waals surface area contributed by atoms with Crippen LogP contribution in [-0.4, -0.2) is 20.1 Å². The summed E-state index contributed by atoms with van der Waals surface area (Å²) in [4.78, 5) is 0.959. The highest BCUT2D eigenvalue weighted by atomic mass is 32.1. The highest BCUT2D eigenvalue weighted by molar-refractivity contribution is 7.19. The van der Waals surface area contributed by atoms with Gasteiger partial charge in [-0.15, -0.1) is 16.4 Å². The molecule has 0 saturated heterocycles. The molecule has 0 aliphatic carbocycles. The van der Waals surface area contributed by atoms with Crippen molar-refractivity contribution in [1.82, 2.24) is 15.0 Å². The molecule has 0 fully saturated rings. The highest BCUT2D eigenvalue weighted by Gasteiger charge is 2.14. The fourth-order valence-electron chi connectivity index (χ4n) is 2.56. The molecular formula is C18H15N3OS. The van der Waals surface area contributed by atoms with Crippen LogP contribution in [0.25, 0.3) is 15.8 Å².